The number of benzene rings is 2. The summed E-state index contributed by atoms with van der Waals surface area (Å²) < 4.78 is 0. The molecule has 0 spiro atoms. The summed E-state index contributed by atoms with van der Waals surface area (Å²) in [6.07, 6.45) is 0.307. The zero-order valence-electron chi connectivity index (χ0n) is 17.3. The van der Waals surface area contributed by atoms with Gasteiger partial charge in [0, 0.05) is 6.42 Å². The molecular weight excluding hydrogens is 416 g/mol. The number of nitrogens with zero attached hydrogens (tertiary/aromatic N) is 1. The first-order valence-electron chi connectivity index (χ1n) is 9.88. The van der Waals surface area contributed by atoms with Gasteiger partial charge in [-0.05, 0) is 17.5 Å². The molecule has 0 saturated heterocycles. The second kappa shape index (κ2) is 12.2. The largest absolute Gasteiger partial charge is 0.480 e. The molecule has 2 rings (SSSR count). The summed E-state index contributed by atoms with van der Waals surface area (Å²) in [5.74, 6) is -3.63. The molecule has 2 aromatic rings. The van der Waals surface area contributed by atoms with Gasteiger partial charge in [-0.3, -0.25) is 24.4 Å². The molecular formula is C22H26N4O6. The van der Waals surface area contributed by atoms with Crippen LogP contribution in [-0.4, -0.2) is 64.2 Å². The molecule has 0 saturated carbocycles. The van der Waals surface area contributed by atoms with E-state index in [1.54, 1.807) is 30.3 Å². The Hall–Kier alpha value is -3.76. The normalized spacial score (nSPS) is 12.3. The maximum atomic E-state index is 12.5. The molecule has 0 unspecified atom stereocenters. The number of nitrogens with one attached hydrogen (secondary N) is 2. The second-order valence-corrected chi connectivity index (χ2v) is 7.11. The maximum absolute atomic E-state index is 12.5. The first kappa shape index (κ1) is 24.5. The van der Waals surface area contributed by atoms with E-state index in [0.29, 0.717) is 5.56 Å². The lowest BCUT2D eigenvalue weighted by atomic mass is 10.0. The molecule has 0 aromatic heterocycles. The summed E-state index contributed by atoms with van der Waals surface area (Å²) in [6.45, 7) is -1.38. The number of nitrogens with two attached hydrogens (primary N) is 1. The van der Waals surface area contributed by atoms with E-state index in [-0.39, 0.29) is 17.9 Å². The maximum Gasteiger partial charge on any atom is 0.325 e. The molecule has 10 nitrogen and oxygen atoms in total. The van der Waals surface area contributed by atoms with Crippen LogP contribution in [0.5, 0.6) is 0 Å². The van der Waals surface area contributed by atoms with Crippen molar-refractivity contribution < 1.29 is 29.5 Å². The van der Waals surface area contributed by atoms with Gasteiger partial charge < -0.3 is 21.5 Å². The third kappa shape index (κ3) is 8.17. The zero-order chi connectivity index (χ0) is 23.5. The van der Waals surface area contributed by atoms with Gasteiger partial charge in [-0.15, -0.1) is 0 Å². The van der Waals surface area contributed by atoms with Gasteiger partial charge in [0.05, 0.1) is 12.6 Å². The summed E-state index contributed by atoms with van der Waals surface area (Å²) >= 11 is 0. The average molecular weight is 442 g/mol. The molecule has 170 valence electrons. The Bertz CT molecular complexity index is 923. The Labute approximate surface area is 185 Å². The fourth-order valence-corrected chi connectivity index (χ4v) is 2.94. The van der Waals surface area contributed by atoms with Crippen LogP contribution in [0.25, 0.3) is 0 Å². The molecule has 0 fully saturated rings. The van der Waals surface area contributed by atoms with Crippen LogP contribution in [0.2, 0.25) is 0 Å². The Morgan fingerprint density at radius 3 is 1.97 bits per heavy atom. The summed E-state index contributed by atoms with van der Waals surface area (Å²) in [5.41, 5.74) is 7.43. The number of amides is 3. The lowest BCUT2D eigenvalue weighted by Crippen LogP contribution is -2.53. The first-order chi connectivity index (χ1) is 15.3. The highest BCUT2D eigenvalue weighted by Gasteiger charge is 2.27. The molecule has 0 heterocycles. The number of hydrogen-bond donors (Lipinski definition) is 5. The molecule has 0 radical (unpaired) electrons. The smallest absolute Gasteiger partial charge is 0.325 e. The Balaban J connectivity index is 1.95. The molecule has 32 heavy (non-hydrogen) atoms. The van der Waals surface area contributed by atoms with Gasteiger partial charge >= 0.3 is 5.97 Å². The van der Waals surface area contributed by atoms with Crippen molar-refractivity contribution in [2.75, 3.05) is 13.1 Å². The highest BCUT2D eigenvalue weighted by molar-refractivity contribution is 5.91. The second-order valence-electron chi connectivity index (χ2n) is 7.11. The van der Waals surface area contributed by atoms with Crippen LogP contribution in [0.15, 0.2) is 60.7 Å². The van der Waals surface area contributed by atoms with E-state index in [1.165, 1.54) is 0 Å². The van der Waals surface area contributed by atoms with E-state index in [9.17, 15) is 24.4 Å². The van der Waals surface area contributed by atoms with Crippen molar-refractivity contribution in [1.82, 2.24) is 15.7 Å². The van der Waals surface area contributed by atoms with Gasteiger partial charge in [-0.2, -0.15) is 0 Å². The Kier molecular flexibility index (Phi) is 9.33. The standard InChI is InChI=1S/C22H26N4O6/c23-17(11-15-7-3-1-4-8-15)21(30)24-13-19(27)25-18(12-16-9-5-2-6-10-16)22(31)26(32)14-20(28)29/h1-10,17-18,32H,11-14,23H2,(H,24,30)(H,25,27)(H,28,29)/t17-,18-/m0/s1. The van der Waals surface area contributed by atoms with Gasteiger partial charge in [0.15, 0.2) is 0 Å². The Morgan fingerprint density at radius 2 is 1.44 bits per heavy atom. The first-order valence-corrected chi connectivity index (χ1v) is 9.88. The topological polar surface area (TPSA) is 162 Å². The van der Waals surface area contributed by atoms with Crippen LogP contribution in [-0.2, 0) is 32.0 Å². The molecule has 2 atom stereocenters. The van der Waals surface area contributed by atoms with E-state index in [4.69, 9.17) is 10.8 Å². The molecule has 0 aliphatic rings. The van der Waals surface area contributed by atoms with E-state index >= 15 is 0 Å². The minimum Gasteiger partial charge on any atom is -0.480 e. The number of hydrogen-bond acceptors (Lipinski definition) is 6. The molecule has 10 heteroatoms. The van der Waals surface area contributed by atoms with Crippen LogP contribution >= 0.6 is 0 Å². The number of aliphatic carboxylic acids is 1. The van der Waals surface area contributed by atoms with E-state index in [2.05, 4.69) is 10.6 Å². The van der Waals surface area contributed by atoms with Gasteiger partial charge in [0.25, 0.3) is 5.91 Å². The van der Waals surface area contributed by atoms with Gasteiger partial charge in [-0.25, -0.2) is 5.06 Å². The highest BCUT2D eigenvalue weighted by Crippen LogP contribution is 2.06. The van der Waals surface area contributed by atoms with Crippen LogP contribution in [0, 0.1) is 0 Å². The molecule has 0 aliphatic carbocycles. The lowest BCUT2D eigenvalue weighted by molar-refractivity contribution is -0.175. The van der Waals surface area contributed by atoms with Crippen molar-refractivity contribution in [2.24, 2.45) is 5.73 Å². The van der Waals surface area contributed by atoms with E-state index in [1.807, 2.05) is 30.3 Å². The Morgan fingerprint density at radius 1 is 0.906 bits per heavy atom. The van der Waals surface area contributed by atoms with Crippen molar-refractivity contribution in [3.05, 3.63) is 71.8 Å². The van der Waals surface area contributed by atoms with Crippen molar-refractivity contribution >= 4 is 23.7 Å². The van der Waals surface area contributed by atoms with Crippen molar-refractivity contribution in [1.29, 1.82) is 0 Å². The summed E-state index contributed by atoms with van der Waals surface area (Å²) in [4.78, 5) is 47.8. The number of carboxylic acid groups (broad SMARTS) is 1. The monoisotopic (exact) mass is 442 g/mol. The highest BCUT2D eigenvalue weighted by atomic mass is 16.5. The van der Waals surface area contributed by atoms with Crippen molar-refractivity contribution in [3.8, 4) is 0 Å². The predicted octanol–water partition coefficient (Wildman–Crippen LogP) is -0.297. The number of carbonyl (C=O) groups excluding carboxylic acids is 3. The molecule has 0 aliphatic heterocycles. The van der Waals surface area contributed by atoms with E-state index < -0.39 is 48.9 Å². The van der Waals surface area contributed by atoms with Crippen molar-refractivity contribution in [2.45, 2.75) is 24.9 Å². The van der Waals surface area contributed by atoms with Gasteiger partial charge in [-0.1, -0.05) is 60.7 Å². The predicted molar refractivity (Wildman–Crippen MR) is 114 cm³/mol. The van der Waals surface area contributed by atoms with E-state index in [0.717, 1.165) is 5.56 Å². The summed E-state index contributed by atoms with van der Waals surface area (Å²) in [7, 11) is 0. The minimum absolute atomic E-state index is 0.0174. The van der Waals surface area contributed by atoms with Crippen LogP contribution in [0.3, 0.4) is 0 Å². The van der Waals surface area contributed by atoms with Gasteiger partial charge in [0.1, 0.15) is 12.6 Å². The van der Waals surface area contributed by atoms with Crippen molar-refractivity contribution in [3.63, 3.8) is 0 Å². The fraction of sp³-hybridized carbons (Fsp3) is 0.273. The average Bonchev–Trinajstić information content (AvgIpc) is 2.77. The minimum atomic E-state index is -1.41. The third-order valence-corrected chi connectivity index (χ3v) is 4.51. The number of rotatable bonds is 11. The summed E-state index contributed by atoms with van der Waals surface area (Å²) in [6, 6.07) is 15.7. The zero-order valence-corrected chi connectivity index (χ0v) is 17.3. The SMILES string of the molecule is N[C@@H](Cc1ccccc1)C(=O)NCC(=O)N[C@@H](Cc1ccccc1)C(=O)N(O)CC(=O)O. The molecule has 3 amide bonds. The van der Waals surface area contributed by atoms with Crippen LogP contribution < -0.4 is 16.4 Å². The molecule has 0 bridgehead atoms. The number of carbonyl (C=O) groups is 4. The fourth-order valence-electron chi connectivity index (χ4n) is 2.94. The lowest BCUT2D eigenvalue weighted by Gasteiger charge is -2.22. The summed E-state index contributed by atoms with van der Waals surface area (Å²) in [5, 5.41) is 23.4. The molecule has 6 N–H and O–H groups in total. The number of carboxylic acids is 1. The molecule has 2 aromatic carbocycles. The van der Waals surface area contributed by atoms with Gasteiger partial charge in [0.2, 0.25) is 11.8 Å². The van der Waals surface area contributed by atoms with Crippen LogP contribution in [0.1, 0.15) is 11.1 Å². The third-order valence-electron chi connectivity index (χ3n) is 4.51. The number of hydroxylamine groups is 2. The quantitative estimate of drug-likeness (QED) is 0.236. The van der Waals surface area contributed by atoms with Crippen LogP contribution in [0.4, 0.5) is 0 Å².